The van der Waals surface area contributed by atoms with Gasteiger partial charge in [-0.05, 0) is 35.4 Å². The van der Waals surface area contributed by atoms with Gasteiger partial charge in [0.05, 0.1) is 6.54 Å². The number of benzene rings is 2. The number of nitrogens with zero attached hydrogens (tertiary/aromatic N) is 4. The molecule has 7 heteroatoms. The summed E-state index contributed by atoms with van der Waals surface area (Å²) in [6.45, 7) is 1.67. The van der Waals surface area contributed by atoms with E-state index in [0.717, 1.165) is 11.1 Å². The van der Waals surface area contributed by atoms with Crippen LogP contribution in [0.25, 0.3) is 11.1 Å². The molecule has 0 fully saturated rings. The summed E-state index contributed by atoms with van der Waals surface area (Å²) < 4.78 is 0. The smallest absolute Gasteiger partial charge is 0.251 e. The van der Waals surface area contributed by atoms with Gasteiger partial charge in [0.2, 0.25) is 0 Å². The van der Waals surface area contributed by atoms with E-state index in [0.29, 0.717) is 11.4 Å². The van der Waals surface area contributed by atoms with Gasteiger partial charge in [0, 0.05) is 5.56 Å². The van der Waals surface area contributed by atoms with E-state index in [1.165, 1.54) is 11.7 Å². The topological polar surface area (TPSA) is 89.8 Å². The Morgan fingerprint density at radius 2 is 1.68 bits per heavy atom. The second kappa shape index (κ2) is 7.48. The third kappa shape index (κ3) is 4.35. The van der Waals surface area contributed by atoms with Gasteiger partial charge in [-0.15, -0.1) is 10.2 Å². The van der Waals surface area contributed by atoms with Gasteiger partial charge < -0.3 is 5.32 Å². The summed E-state index contributed by atoms with van der Waals surface area (Å²) in [5.74, 6) is 0.0736. The molecule has 0 radical (unpaired) electrons. The maximum Gasteiger partial charge on any atom is 0.251 e. The number of carbonyl (C=O) groups is 2. The highest BCUT2D eigenvalue weighted by Crippen LogP contribution is 2.19. The number of amides is 1. The van der Waals surface area contributed by atoms with Crippen molar-refractivity contribution in [3.05, 3.63) is 66.0 Å². The lowest BCUT2D eigenvalue weighted by molar-refractivity contribution is -0.117. The van der Waals surface area contributed by atoms with Gasteiger partial charge in [0.1, 0.15) is 6.54 Å². The minimum atomic E-state index is -0.220. The molecular formula is C18H17N5O2. The maximum absolute atomic E-state index is 12.2. The largest absolute Gasteiger partial charge is 0.345 e. The first kappa shape index (κ1) is 16.5. The first-order valence-corrected chi connectivity index (χ1v) is 7.81. The lowest BCUT2D eigenvalue weighted by atomic mass is 10.0. The van der Waals surface area contributed by atoms with Crippen LogP contribution in [0.2, 0.25) is 0 Å². The molecule has 1 heterocycles. The van der Waals surface area contributed by atoms with E-state index in [1.807, 2.05) is 42.5 Å². The van der Waals surface area contributed by atoms with Crippen LogP contribution >= 0.6 is 0 Å². The van der Waals surface area contributed by atoms with Gasteiger partial charge in [0.25, 0.3) is 5.91 Å². The van der Waals surface area contributed by atoms with Crippen molar-refractivity contribution in [2.24, 2.45) is 0 Å². The molecule has 0 atom stereocenters. The van der Waals surface area contributed by atoms with Crippen LogP contribution in [-0.4, -0.2) is 31.9 Å². The number of ketones is 1. The average Bonchev–Trinajstić information content (AvgIpc) is 3.07. The summed E-state index contributed by atoms with van der Waals surface area (Å²) in [5.41, 5.74) is 2.70. The van der Waals surface area contributed by atoms with Gasteiger partial charge >= 0.3 is 0 Å². The normalized spacial score (nSPS) is 10.4. The Bertz CT molecular complexity index is 872. The average molecular weight is 335 g/mol. The van der Waals surface area contributed by atoms with Crippen LogP contribution < -0.4 is 5.32 Å². The standard InChI is InChI=1S/C18H17N5O2/c1-13(24)12-23-21-17(20-22-23)11-19-18(25)16-9-7-15(8-10-16)14-5-3-2-4-6-14/h2-10H,11-12H2,1H3,(H,19,25). The van der Waals surface area contributed by atoms with Crippen molar-refractivity contribution in [1.29, 1.82) is 0 Å². The fraction of sp³-hybridized carbons (Fsp3) is 0.167. The number of hydrogen-bond acceptors (Lipinski definition) is 5. The van der Waals surface area contributed by atoms with Crippen molar-refractivity contribution in [2.45, 2.75) is 20.0 Å². The molecule has 0 saturated carbocycles. The molecule has 0 saturated heterocycles. The number of hydrogen-bond donors (Lipinski definition) is 1. The molecule has 25 heavy (non-hydrogen) atoms. The molecule has 7 nitrogen and oxygen atoms in total. The Hall–Kier alpha value is -3.35. The highest BCUT2D eigenvalue weighted by Gasteiger charge is 2.09. The molecule has 3 aromatic rings. The van der Waals surface area contributed by atoms with E-state index in [2.05, 4.69) is 20.7 Å². The van der Waals surface area contributed by atoms with E-state index in [1.54, 1.807) is 12.1 Å². The number of nitrogens with one attached hydrogen (secondary N) is 1. The van der Waals surface area contributed by atoms with Crippen LogP contribution in [-0.2, 0) is 17.9 Å². The molecule has 1 amide bonds. The third-order valence-corrected chi connectivity index (χ3v) is 3.52. The Morgan fingerprint density at radius 1 is 1.00 bits per heavy atom. The molecule has 126 valence electrons. The first-order valence-electron chi connectivity index (χ1n) is 7.81. The summed E-state index contributed by atoms with van der Waals surface area (Å²) >= 11 is 0. The number of Topliss-reactive ketones (excluding diaryl/α,β-unsaturated/α-hetero) is 1. The summed E-state index contributed by atoms with van der Waals surface area (Å²) in [7, 11) is 0. The van der Waals surface area contributed by atoms with E-state index in [9.17, 15) is 9.59 Å². The van der Waals surface area contributed by atoms with Gasteiger partial charge in [-0.25, -0.2) is 0 Å². The van der Waals surface area contributed by atoms with E-state index in [4.69, 9.17) is 0 Å². The zero-order chi connectivity index (χ0) is 17.6. The monoisotopic (exact) mass is 335 g/mol. The summed E-state index contributed by atoms with van der Waals surface area (Å²) in [6.07, 6.45) is 0. The molecule has 0 bridgehead atoms. The summed E-state index contributed by atoms with van der Waals surface area (Å²) in [5, 5.41) is 14.3. The zero-order valence-electron chi connectivity index (χ0n) is 13.7. The van der Waals surface area contributed by atoms with Crippen LogP contribution in [0.15, 0.2) is 54.6 Å². The number of tetrazole rings is 1. The Morgan fingerprint density at radius 3 is 2.36 bits per heavy atom. The minimum Gasteiger partial charge on any atom is -0.345 e. The van der Waals surface area contributed by atoms with Gasteiger partial charge in [-0.2, -0.15) is 4.80 Å². The first-order chi connectivity index (χ1) is 12.1. The van der Waals surface area contributed by atoms with Crippen LogP contribution in [0.1, 0.15) is 23.1 Å². The van der Waals surface area contributed by atoms with Crippen molar-refractivity contribution in [1.82, 2.24) is 25.5 Å². The molecule has 0 aliphatic carbocycles. The molecule has 1 aromatic heterocycles. The molecule has 0 aliphatic rings. The van der Waals surface area contributed by atoms with Gasteiger partial charge in [-0.3, -0.25) is 9.59 Å². The minimum absolute atomic E-state index is 0.0634. The fourth-order valence-corrected chi connectivity index (χ4v) is 2.32. The zero-order valence-corrected chi connectivity index (χ0v) is 13.7. The quantitative estimate of drug-likeness (QED) is 0.742. The van der Waals surface area contributed by atoms with Crippen molar-refractivity contribution in [2.75, 3.05) is 0 Å². The summed E-state index contributed by atoms with van der Waals surface area (Å²) in [4.78, 5) is 24.4. The number of aromatic nitrogens is 4. The molecule has 2 aromatic carbocycles. The van der Waals surface area contributed by atoms with Crippen molar-refractivity contribution in [3.8, 4) is 11.1 Å². The van der Waals surface area contributed by atoms with Gasteiger partial charge in [0.15, 0.2) is 11.6 Å². The van der Waals surface area contributed by atoms with Crippen LogP contribution in [0.4, 0.5) is 0 Å². The number of rotatable bonds is 6. The Kier molecular flexibility index (Phi) is 4.94. The number of carbonyl (C=O) groups excluding carboxylic acids is 2. The van der Waals surface area contributed by atoms with Crippen LogP contribution in [0.3, 0.4) is 0 Å². The van der Waals surface area contributed by atoms with Gasteiger partial charge in [-0.1, -0.05) is 42.5 Å². The van der Waals surface area contributed by atoms with Crippen molar-refractivity contribution in [3.63, 3.8) is 0 Å². The van der Waals surface area contributed by atoms with E-state index < -0.39 is 0 Å². The maximum atomic E-state index is 12.2. The molecule has 3 rings (SSSR count). The second-order valence-corrected chi connectivity index (χ2v) is 5.56. The third-order valence-electron chi connectivity index (χ3n) is 3.52. The van der Waals surface area contributed by atoms with Crippen LogP contribution in [0, 0.1) is 0 Å². The molecular weight excluding hydrogens is 318 g/mol. The van der Waals surface area contributed by atoms with Crippen LogP contribution in [0.5, 0.6) is 0 Å². The lowest BCUT2D eigenvalue weighted by Crippen LogP contribution is -2.23. The predicted molar refractivity (Wildman–Crippen MR) is 91.5 cm³/mol. The fourth-order valence-electron chi connectivity index (χ4n) is 2.32. The predicted octanol–water partition coefficient (Wildman–Crippen LogP) is 1.86. The second-order valence-electron chi connectivity index (χ2n) is 5.56. The highest BCUT2D eigenvalue weighted by atomic mass is 16.1. The molecule has 0 unspecified atom stereocenters. The van der Waals surface area contributed by atoms with Crippen molar-refractivity contribution < 1.29 is 9.59 Å². The SMILES string of the molecule is CC(=O)Cn1nnc(CNC(=O)c2ccc(-c3ccccc3)cc2)n1. The summed E-state index contributed by atoms with van der Waals surface area (Å²) in [6, 6.07) is 17.3. The Labute approximate surface area is 144 Å². The lowest BCUT2D eigenvalue weighted by Gasteiger charge is -2.05. The highest BCUT2D eigenvalue weighted by molar-refractivity contribution is 5.94. The molecule has 0 spiro atoms. The molecule has 0 aliphatic heterocycles. The Balaban J connectivity index is 1.60. The van der Waals surface area contributed by atoms with E-state index in [-0.39, 0.29) is 24.8 Å². The van der Waals surface area contributed by atoms with E-state index >= 15 is 0 Å². The molecule has 1 N–H and O–H groups in total. The van der Waals surface area contributed by atoms with Crippen molar-refractivity contribution >= 4 is 11.7 Å².